The summed E-state index contributed by atoms with van der Waals surface area (Å²) in [6.07, 6.45) is 1.91. The molecule has 2 atom stereocenters. The zero-order valence-corrected chi connectivity index (χ0v) is 10.1. The Morgan fingerprint density at radius 1 is 1.47 bits per heavy atom. The summed E-state index contributed by atoms with van der Waals surface area (Å²) in [5, 5.41) is 8.94. The van der Waals surface area contributed by atoms with E-state index in [-0.39, 0.29) is 12.2 Å². The van der Waals surface area contributed by atoms with E-state index in [1.165, 1.54) is 0 Å². The van der Waals surface area contributed by atoms with Crippen LogP contribution in [0.5, 0.6) is 0 Å². The summed E-state index contributed by atoms with van der Waals surface area (Å²) in [5.74, 6) is 0.686. The number of pyridine rings is 1. The van der Waals surface area contributed by atoms with Gasteiger partial charge in [0.25, 0.3) is 0 Å². The van der Waals surface area contributed by atoms with Gasteiger partial charge in [-0.05, 0) is 19.9 Å². The monoisotopic (exact) mass is 232 g/mol. The minimum Gasteiger partial charge on any atom is -0.395 e. The molecule has 1 aromatic heterocycles. The molecule has 0 aromatic carbocycles. The summed E-state index contributed by atoms with van der Waals surface area (Å²) < 4.78 is 5.66. The minimum absolute atomic E-state index is 0.144. The molecule has 0 unspecified atom stereocenters. The summed E-state index contributed by atoms with van der Waals surface area (Å²) in [7, 11) is 0. The van der Waals surface area contributed by atoms with Crippen LogP contribution in [0.3, 0.4) is 0 Å². The lowest BCUT2D eigenvalue weighted by Crippen LogP contribution is -2.46. The third kappa shape index (κ3) is 2.32. The molecular weight excluding hydrogens is 216 g/mol. The molecule has 0 radical (unpaired) electrons. The fraction of sp³-hybridized carbons (Fsp3) is 0.500. The Kier molecular flexibility index (Phi) is 3.16. The number of ether oxygens (including phenoxy) is 1. The fourth-order valence-electron chi connectivity index (χ4n) is 2.16. The molecule has 1 saturated heterocycles. The average Bonchev–Trinajstić information content (AvgIpc) is 2.28. The number of hydrogen-bond donors (Lipinski definition) is 1. The summed E-state index contributed by atoms with van der Waals surface area (Å²) >= 11 is 0. The smallest absolute Gasteiger partial charge is 0.153 e. The molecule has 2 heterocycles. The Morgan fingerprint density at radius 3 is 2.71 bits per heavy atom. The van der Waals surface area contributed by atoms with E-state index in [2.05, 4.69) is 16.0 Å². The number of nitrogens with two attached hydrogens (primary N) is 1. The van der Waals surface area contributed by atoms with E-state index >= 15 is 0 Å². The molecule has 5 nitrogen and oxygen atoms in total. The van der Waals surface area contributed by atoms with Crippen LogP contribution in [-0.4, -0.2) is 30.3 Å². The van der Waals surface area contributed by atoms with Gasteiger partial charge in [-0.1, -0.05) is 0 Å². The van der Waals surface area contributed by atoms with E-state index in [1.807, 2.05) is 13.8 Å². The van der Waals surface area contributed by atoms with E-state index < -0.39 is 0 Å². The molecule has 1 aliphatic heterocycles. The second-order valence-corrected chi connectivity index (χ2v) is 4.37. The van der Waals surface area contributed by atoms with Crippen molar-refractivity contribution in [2.45, 2.75) is 26.1 Å². The highest BCUT2D eigenvalue weighted by atomic mass is 16.5. The first-order valence-corrected chi connectivity index (χ1v) is 5.66. The number of nitriles is 1. The molecule has 0 amide bonds. The van der Waals surface area contributed by atoms with Gasteiger partial charge in [-0.2, -0.15) is 5.26 Å². The van der Waals surface area contributed by atoms with Crippen LogP contribution in [0.1, 0.15) is 19.4 Å². The average molecular weight is 232 g/mol. The molecule has 0 bridgehead atoms. The van der Waals surface area contributed by atoms with Gasteiger partial charge in [0.15, 0.2) is 5.82 Å². The number of morpholine rings is 1. The van der Waals surface area contributed by atoms with Crippen LogP contribution in [0.15, 0.2) is 12.3 Å². The van der Waals surface area contributed by atoms with Crippen LogP contribution in [0.25, 0.3) is 0 Å². The van der Waals surface area contributed by atoms with Crippen LogP contribution in [0, 0.1) is 11.3 Å². The number of rotatable bonds is 1. The molecule has 2 N–H and O–H groups in total. The number of nitrogens with zero attached hydrogens (tertiary/aromatic N) is 3. The van der Waals surface area contributed by atoms with Crippen molar-refractivity contribution < 1.29 is 4.74 Å². The predicted molar refractivity (Wildman–Crippen MR) is 65.6 cm³/mol. The van der Waals surface area contributed by atoms with Gasteiger partial charge in [0.1, 0.15) is 6.07 Å². The van der Waals surface area contributed by atoms with Gasteiger partial charge in [-0.25, -0.2) is 4.98 Å². The lowest BCUT2D eigenvalue weighted by atomic mass is 10.2. The Balaban J connectivity index is 2.31. The van der Waals surface area contributed by atoms with Crippen LogP contribution in [0.4, 0.5) is 11.5 Å². The van der Waals surface area contributed by atoms with Gasteiger partial charge in [0.2, 0.25) is 0 Å². The molecule has 90 valence electrons. The molecule has 1 aliphatic rings. The molecule has 1 aromatic rings. The highest BCUT2D eigenvalue weighted by Gasteiger charge is 2.25. The van der Waals surface area contributed by atoms with Crippen molar-refractivity contribution in [3.63, 3.8) is 0 Å². The van der Waals surface area contributed by atoms with Crippen LogP contribution < -0.4 is 10.6 Å². The SMILES string of the molecule is C[C@@H]1CN(c2nccc(C#N)c2N)C[C@H](C)O1. The highest BCUT2D eigenvalue weighted by molar-refractivity contribution is 5.70. The second kappa shape index (κ2) is 4.60. The van der Waals surface area contributed by atoms with Crippen molar-refractivity contribution in [3.8, 4) is 6.07 Å². The lowest BCUT2D eigenvalue weighted by molar-refractivity contribution is -0.00541. The molecule has 2 rings (SSSR count). The largest absolute Gasteiger partial charge is 0.395 e. The topological polar surface area (TPSA) is 75.2 Å². The Morgan fingerprint density at radius 2 is 2.12 bits per heavy atom. The van der Waals surface area contributed by atoms with E-state index in [9.17, 15) is 0 Å². The molecule has 0 saturated carbocycles. The number of anilines is 2. The quantitative estimate of drug-likeness (QED) is 0.786. The van der Waals surface area contributed by atoms with Crippen molar-refractivity contribution >= 4 is 11.5 Å². The minimum atomic E-state index is 0.144. The van der Waals surface area contributed by atoms with Crippen molar-refractivity contribution in [2.75, 3.05) is 23.7 Å². The fourth-order valence-corrected chi connectivity index (χ4v) is 2.16. The van der Waals surface area contributed by atoms with Gasteiger partial charge >= 0.3 is 0 Å². The zero-order chi connectivity index (χ0) is 12.4. The first-order valence-electron chi connectivity index (χ1n) is 5.66. The molecule has 0 aliphatic carbocycles. The first-order chi connectivity index (χ1) is 8.11. The summed E-state index contributed by atoms with van der Waals surface area (Å²) in [6.45, 7) is 5.53. The van der Waals surface area contributed by atoms with Crippen molar-refractivity contribution in [3.05, 3.63) is 17.8 Å². The Labute approximate surface area is 101 Å². The highest BCUT2D eigenvalue weighted by Crippen LogP contribution is 2.26. The zero-order valence-electron chi connectivity index (χ0n) is 10.1. The maximum Gasteiger partial charge on any atom is 0.153 e. The van der Waals surface area contributed by atoms with Crippen LogP contribution in [-0.2, 0) is 4.74 Å². The second-order valence-electron chi connectivity index (χ2n) is 4.37. The van der Waals surface area contributed by atoms with Gasteiger partial charge in [-0.15, -0.1) is 0 Å². The normalized spacial score (nSPS) is 24.4. The number of hydrogen-bond acceptors (Lipinski definition) is 5. The van der Waals surface area contributed by atoms with Crippen molar-refractivity contribution in [2.24, 2.45) is 0 Å². The summed E-state index contributed by atoms with van der Waals surface area (Å²) in [4.78, 5) is 6.35. The van der Waals surface area contributed by atoms with E-state index in [1.54, 1.807) is 12.3 Å². The summed E-state index contributed by atoms with van der Waals surface area (Å²) in [6, 6.07) is 3.71. The van der Waals surface area contributed by atoms with Crippen LogP contribution in [0.2, 0.25) is 0 Å². The van der Waals surface area contributed by atoms with Crippen molar-refractivity contribution in [1.82, 2.24) is 4.98 Å². The standard InChI is InChI=1S/C12H16N4O/c1-8-6-16(7-9(2)17-8)12-11(14)10(5-13)3-4-15-12/h3-4,8-9H,6-7,14H2,1-2H3/t8-,9+. The number of aromatic nitrogens is 1. The summed E-state index contributed by atoms with van der Waals surface area (Å²) in [5.41, 5.74) is 6.88. The molecule has 17 heavy (non-hydrogen) atoms. The molecular formula is C12H16N4O. The van der Waals surface area contributed by atoms with E-state index in [0.29, 0.717) is 17.1 Å². The van der Waals surface area contributed by atoms with E-state index in [4.69, 9.17) is 15.7 Å². The third-order valence-electron chi connectivity index (χ3n) is 2.81. The van der Waals surface area contributed by atoms with Gasteiger partial charge in [0.05, 0.1) is 23.5 Å². The third-order valence-corrected chi connectivity index (χ3v) is 2.81. The van der Waals surface area contributed by atoms with Gasteiger partial charge in [-0.3, -0.25) is 0 Å². The van der Waals surface area contributed by atoms with Crippen molar-refractivity contribution in [1.29, 1.82) is 5.26 Å². The number of nitrogen functional groups attached to an aromatic ring is 1. The maximum absolute atomic E-state index is 8.94. The molecule has 5 heteroatoms. The Bertz CT molecular complexity index is 444. The predicted octanol–water partition coefficient (Wildman–Crippen LogP) is 1.15. The maximum atomic E-state index is 8.94. The van der Waals surface area contributed by atoms with Gasteiger partial charge < -0.3 is 15.4 Å². The Hall–Kier alpha value is -1.80. The van der Waals surface area contributed by atoms with E-state index in [0.717, 1.165) is 13.1 Å². The molecule has 0 spiro atoms. The van der Waals surface area contributed by atoms with Crippen LogP contribution >= 0.6 is 0 Å². The molecule has 1 fully saturated rings. The lowest BCUT2D eigenvalue weighted by Gasteiger charge is -2.36. The van der Waals surface area contributed by atoms with Gasteiger partial charge in [0, 0.05) is 19.3 Å². The first kappa shape index (κ1) is 11.7.